The zero-order valence-corrected chi connectivity index (χ0v) is 16.2. The van der Waals surface area contributed by atoms with E-state index in [9.17, 15) is 9.59 Å². The highest BCUT2D eigenvalue weighted by molar-refractivity contribution is 5.95. The van der Waals surface area contributed by atoms with E-state index in [0.29, 0.717) is 32.3 Å². The molecular weight excluding hydrogens is 362 g/mol. The normalized spacial score (nSPS) is 14.4. The molecule has 7 N–H and O–H groups in total. The Morgan fingerprint density at radius 3 is 2.64 bits per heavy atom. The van der Waals surface area contributed by atoms with Crippen molar-refractivity contribution in [2.45, 2.75) is 51.0 Å². The van der Waals surface area contributed by atoms with Crippen molar-refractivity contribution >= 4 is 17.8 Å². The summed E-state index contributed by atoms with van der Waals surface area (Å²) in [6.07, 6.45) is 9.06. The van der Waals surface area contributed by atoms with Gasteiger partial charge in [-0.3, -0.25) is 14.6 Å². The number of carbonyl (C=O) groups is 2. The molecule has 10 heteroatoms. The molecule has 0 aromatic carbocycles. The Morgan fingerprint density at radius 1 is 1.14 bits per heavy atom. The molecule has 1 aliphatic carbocycles. The first-order chi connectivity index (χ1) is 13.6. The summed E-state index contributed by atoms with van der Waals surface area (Å²) in [6, 6.07) is 0. The largest absolute Gasteiger partial charge is 0.376 e. The molecule has 2 rings (SSSR count). The van der Waals surface area contributed by atoms with E-state index in [0.717, 1.165) is 25.7 Å². The van der Waals surface area contributed by atoms with Gasteiger partial charge in [-0.2, -0.15) is 0 Å². The van der Waals surface area contributed by atoms with Crippen molar-refractivity contribution in [3.63, 3.8) is 0 Å². The molecule has 0 spiro atoms. The van der Waals surface area contributed by atoms with Crippen LogP contribution in [0.3, 0.4) is 0 Å². The zero-order valence-electron chi connectivity index (χ0n) is 16.2. The fraction of sp³-hybridized carbons (Fsp3) is 0.667. The second kappa shape index (κ2) is 12.0. The lowest BCUT2D eigenvalue weighted by molar-refractivity contribution is 0.0299. The second-order valence-corrected chi connectivity index (χ2v) is 6.80. The number of nitrogens with one attached hydrogen (secondary N) is 3. The van der Waals surface area contributed by atoms with Crippen molar-refractivity contribution in [1.29, 1.82) is 0 Å². The number of nitrogens with two attached hydrogens (primary N) is 2. The third-order valence-electron chi connectivity index (χ3n) is 4.49. The van der Waals surface area contributed by atoms with Gasteiger partial charge in [0, 0.05) is 19.6 Å². The van der Waals surface area contributed by atoms with E-state index in [1.54, 1.807) is 0 Å². The van der Waals surface area contributed by atoms with E-state index < -0.39 is 0 Å². The molecule has 1 fully saturated rings. The third kappa shape index (κ3) is 7.95. The number of hydrogen-bond donors (Lipinski definition) is 5. The Labute approximate surface area is 164 Å². The number of H-pyrrole nitrogens is 1. The fourth-order valence-corrected chi connectivity index (χ4v) is 3.00. The first-order valence-corrected chi connectivity index (χ1v) is 9.84. The monoisotopic (exact) mass is 393 g/mol. The molecule has 10 nitrogen and oxygen atoms in total. The molecule has 0 bridgehead atoms. The van der Waals surface area contributed by atoms with Gasteiger partial charge in [0.2, 0.25) is 0 Å². The van der Waals surface area contributed by atoms with Crippen molar-refractivity contribution in [2.75, 3.05) is 26.2 Å². The molecule has 2 amide bonds. The minimum Gasteiger partial charge on any atom is -0.376 e. The quantitative estimate of drug-likeness (QED) is 0.206. The summed E-state index contributed by atoms with van der Waals surface area (Å²) >= 11 is 0. The number of aromatic amines is 1. The molecular formula is C18H31N7O3. The molecule has 1 aromatic heterocycles. The standard InChI is InChI=1S/C18H31N7O3/c19-18(20)23-9-5-4-8-21-16(26)14-12-24-15(25-14)17(27)22-10-11-28-13-6-2-1-3-7-13/h12-13H,1-11H2,(H,21,26)(H,22,27)(H,24,25)(H4,19,20,23). The van der Waals surface area contributed by atoms with Crippen LogP contribution in [0.5, 0.6) is 0 Å². The number of aromatic nitrogens is 2. The Balaban J connectivity index is 1.62. The van der Waals surface area contributed by atoms with Crippen LogP contribution >= 0.6 is 0 Å². The Morgan fingerprint density at radius 2 is 1.89 bits per heavy atom. The summed E-state index contributed by atoms with van der Waals surface area (Å²) < 4.78 is 5.77. The van der Waals surface area contributed by atoms with Gasteiger partial charge in [0.15, 0.2) is 11.8 Å². The maximum absolute atomic E-state index is 12.1. The third-order valence-corrected chi connectivity index (χ3v) is 4.49. The summed E-state index contributed by atoms with van der Waals surface area (Å²) in [6.45, 7) is 1.90. The average molecular weight is 393 g/mol. The highest BCUT2D eigenvalue weighted by Gasteiger charge is 2.15. The lowest BCUT2D eigenvalue weighted by Crippen LogP contribution is -2.30. The van der Waals surface area contributed by atoms with Gasteiger partial charge in [0.05, 0.1) is 18.9 Å². The van der Waals surface area contributed by atoms with Crippen LogP contribution in [0.1, 0.15) is 66.1 Å². The van der Waals surface area contributed by atoms with Crippen LogP contribution in [0.25, 0.3) is 0 Å². The predicted octanol–water partition coefficient (Wildman–Crippen LogP) is 0.272. The average Bonchev–Trinajstić information content (AvgIpc) is 3.18. The number of amides is 2. The number of aliphatic imine (C=N–C) groups is 1. The van der Waals surface area contributed by atoms with Crippen LogP contribution in [0.4, 0.5) is 0 Å². The van der Waals surface area contributed by atoms with Gasteiger partial charge in [0.25, 0.3) is 11.8 Å². The SMILES string of the molecule is NC(N)=NCCCCNC(=O)c1cnc(C(=O)NCCOC2CCCCC2)[nH]1. The van der Waals surface area contributed by atoms with Crippen LogP contribution in [0, 0.1) is 0 Å². The van der Waals surface area contributed by atoms with Crippen molar-refractivity contribution in [2.24, 2.45) is 16.5 Å². The summed E-state index contributed by atoms with van der Waals surface area (Å²) in [5.41, 5.74) is 10.7. The van der Waals surface area contributed by atoms with Gasteiger partial charge in [-0.15, -0.1) is 0 Å². The van der Waals surface area contributed by atoms with E-state index in [2.05, 4.69) is 25.6 Å². The number of hydrogen-bond acceptors (Lipinski definition) is 5. The van der Waals surface area contributed by atoms with E-state index in [-0.39, 0.29) is 29.3 Å². The summed E-state index contributed by atoms with van der Waals surface area (Å²) in [5.74, 6) is -0.499. The number of ether oxygens (including phenoxy) is 1. The number of guanidine groups is 1. The molecule has 1 heterocycles. The summed E-state index contributed by atoms with van der Waals surface area (Å²) in [4.78, 5) is 34.7. The van der Waals surface area contributed by atoms with Crippen molar-refractivity contribution < 1.29 is 14.3 Å². The maximum atomic E-state index is 12.1. The van der Waals surface area contributed by atoms with Crippen molar-refractivity contribution in [1.82, 2.24) is 20.6 Å². The van der Waals surface area contributed by atoms with Gasteiger partial charge >= 0.3 is 0 Å². The van der Waals surface area contributed by atoms with Gasteiger partial charge < -0.3 is 31.8 Å². The number of unbranched alkanes of at least 4 members (excludes halogenated alkanes) is 1. The van der Waals surface area contributed by atoms with Gasteiger partial charge in [0.1, 0.15) is 5.69 Å². The molecule has 156 valence electrons. The van der Waals surface area contributed by atoms with Gasteiger partial charge in [-0.05, 0) is 25.7 Å². The smallest absolute Gasteiger partial charge is 0.287 e. The first kappa shape index (κ1) is 21.7. The Bertz CT molecular complexity index is 649. The molecule has 1 aromatic rings. The van der Waals surface area contributed by atoms with Gasteiger partial charge in [-0.1, -0.05) is 19.3 Å². The minimum atomic E-state index is -0.358. The maximum Gasteiger partial charge on any atom is 0.287 e. The van der Waals surface area contributed by atoms with Gasteiger partial charge in [-0.25, -0.2) is 4.98 Å². The van der Waals surface area contributed by atoms with Crippen LogP contribution in [-0.4, -0.2) is 60.1 Å². The van der Waals surface area contributed by atoms with E-state index in [1.165, 1.54) is 25.5 Å². The second-order valence-electron chi connectivity index (χ2n) is 6.80. The topological polar surface area (TPSA) is 161 Å². The minimum absolute atomic E-state index is 0.0628. The number of carbonyl (C=O) groups excluding carboxylic acids is 2. The van der Waals surface area contributed by atoms with Crippen molar-refractivity contribution in [3.8, 4) is 0 Å². The number of nitrogens with zero attached hydrogens (tertiary/aromatic N) is 2. The van der Waals surface area contributed by atoms with Crippen LogP contribution in [0.15, 0.2) is 11.2 Å². The molecule has 0 saturated heterocycles. The van der Waals surface area contributed by atoms with E-state index in [4.69, 9.17) is 16.2 Å². The Hall–Kier alpha value is -2.62. The summed E-state index contributed by atoms with van der Waals surface area (Å²) in [7, 11) is 0. The fourth-order valence-electron chi connectivity index (χ4n) is 3.00. The zero-order chi connectivity index (χ0) is 20.2. The molecule has 28 heavy (non-hydrogen) atoms. The highest BCUT2D eigenvalue weighted by atomic mass is 16.5. The molecule has 0 radical (unpaired) electrons. The lowest BCUT2D eigenvalue weighted by Gasteiger charge is -2.21. The first-order valence-electron chi connectivity index (χ1n) is 9.84. The molecule has 1 saturated carbocycles. The van der Waals surface area contributed by atoms with E-state index in [1.807, 2.05) is 0 Å². The number of rotatable bonds is 11. The van der Waals surface area contributed by atoms with Crippen LogP contribution in [-0.2, 0) is 4.74 Å². The highest BCUT2D eigenvalue weighted by Crippen LogP contribution is 2.19. The molecule has 1 aliphatic rings. The number of imidazole rings is 1. The predicted molar refractivity (Wildman–Crippen MR) is 106 cm³/mol. The Kier molecular flexibility index (Phi) is 9.26. The lowest BCUT2D eigenvalue weighted by atomic mass is 9.98. The molecule has 0 unspecified atom stereocenters. The van der Waals surface area contributed by atoms with Crippen LogP contribution in [0.2, 0.25) is 0 Å². The molecule has 0 aliphatic heterocycles. The van der Waals surface area contributed by atoms with E-state index >= 15 is 0 Å². The summed E-state index contributed by atoms with van der Waals surface area (Å²) in [5, 5.41) is 5.50. The van der Waals surface area contributed by atoms with Crippen LogP contribution < -0.4 is 22.1 Å². The molecule has 0 atom stereocenters. The van der Waals surface area contributed by atoms with Crippen molar-refractivity contribution in [3.05, 3.63) is 17.7 Å².